The number of aromatic nitrogens is 2. The van der Waals surface area contributed by atoms with Crippen molar-refractivity contribution in [3.8, 4) is 5.75 Å². The minimum absolute atomic E-state index is 0.0381. The highest BCUT2D eigenvalue weighted by molar-refractivity contribution is 7.19. The Bertz CT molecular complexity index is 1140. The molecule has 6 nitrogen and oxygen atoms in total. The van der Waals surface area contributed by atoms with Crippen LogP contribution in [0.4, 0.5) is 5.82 Å². The number of carbonyl (C=O) groups excluding carboxylic acids is 1. The first-order valence-electron chi connectivity index (χ1n) is 12.0. The number of ether oxygens (including phenoxy) is 1. The Morgan fingerprint density at radius 2 is 1.91 bits per heavy atom. The molecular formula is C26H32N4O2S. The van der Waals surface area contributed by atoms with E-state index in [2.05, 4.69) is 25.7 Å². The van der Waals surface area contributed by atoms with Gasteiger partial charge in [0, 0.05) is 37.0 Å². The van der Waals surface area contributed by atoms with E-state index in [1.54, 1.807) is 0 Å². The molecule has 0 bridgehead atoms. The van der Waals surface area contributed by atoms with E-state index in [0.29, 0.717) is 13.1 Å². The number of thiophene rings is 1. The van der Waals surface area contributed by atoms with Crippen molar-refractivity contribution < 1.29 is 9.53 Å². The van der Waals surface area contributed by atoms with Crippen molar-refractivity contribution in [1.82, 2.24) is 14.9 Å². The highest BCUT2D eigenvalue weighted by Gasteiger charge is 2.29. The van der Waals surface area contributed by atoms with Crippen LogP contribution in [0.2, 0.25) is 0 Å². The summed E-state index contributed by atoms with van der Waals surface area (Å²) in [7, 11) is 0. The fourth-order valence-electron chi connectivity index (χ4n) is 4.75. The van der Waals surface area contributed by atoms with Gasteiger partial charge in [0.15, 0.2) is 6.61 Å². The van der Waals surface area contributed by atoms with Gasteiger partial charge < -0.3 is 14.5 Å². The maximum Gasteiger partial charge on any atom is 0.260 e. The molecule has 1 saturated heterocycles. The molecule has 0 spiro atoms. The summed E-state index contributed by atoms with van der Waals surface area (Å²) < 4.78 is 5.67. The third kappa shape index (κ3) is 4.56. The Labute approximate surface area is 199 Å². The van der Waals surface area contributed by atoms with E-state index < -0.39 is 0 Å². The third-order valence-electron chi connectivity index (χ3n) is 6.71. The molecule has 1 amide bonds. The zero-order valence-corrected chi connectivity index (χ0v) is 20.5. The van der Waals surface area contributed by atoms with Gasteiger partial charge in [0.25, 0.3) is 5.91 Å². The number of piperazine rings is 1. The number of hydrogen-bond acceptors (Lipinski definition) is 6. The van der Waals surface area contributed by atoms with Gasteiger partial charge in [0.2, 0.25) is 0 Å². The monoisotopic (exact) mass is 464 g/mol. The summed E-state index contributed by atoms with van der Waals surface area (Å²) >= 11 is 1.86. The number of rotatable bonds is 5. The molecule has 174 valence electrons. The third-order valence-corrected chi connectivity index (χ3v) is 7.86. The van der Waals surface area contributed by atoms with Crippen LogP contribution in [0.5, 0.6) is 5.75 Å². The Morgan fingerprint density at radius 3 is 2.64 bits per heavy atom. The SMILES string of the molecule is CC(C)c1nc(N2CCN(C(=O)COc3ccccc3)CC2)c2c3c(sc2n1)C[C@H](C)CC3. The number of hydrogen-bond donors (Lipinski definition) is 0. The largest absolute Gasteiger partial charge is 0.484 e. The zero-order valence-electron chi connectivity index (χ0n) is 19.7. The molecule has 3 heterocycles. The van der Waals surface area contributed by atoms with E-state index in [-0.39, 0.29) is 18.4 Å². The average Bonchev–Trinajstić information content (AvgIpc) is 3.20. The van der Waals surface area contributed by atoms with E-state index in [9.17, 15) is 4.79 Å². The molecule has 33 heavy (non-hydrogen) atoms. The molecular weight excluding hydrogens is 432 g/mol. The Morgan fingerprint density at radius 1 is 1.15 bits per heavy atom. The fourth-order valence-corrected chi connectivity index (χ4v) is 6.13. The van der Waals surface area contributed by atoms with Gasteiger partial charge in [-0.05, 0) is 42.9 Å². The van der Waals surface area contributed by atoms with Crippen molar-refractivity contribution in [3.05, 3.63) is 46.6 Å². The van der Waals surface area contributed by atoms with Gasteiger partial charge in [-0.15, -0.1) is 11.3 Å². The van der Waals surface area contributed by atoms with E-state index >= 15 is 0 Å². The molecule has 7 heteroatoms. The van der Waals surface area contributed by atoms with Crippen molar-refractivity contribution in [2.24, 2.45) is 5.92 Å². The Hall–Kier alpha value is -2.67. The summed E-state index contributed by atoms with van der Waals surface area (Å²) in [4.78, 5) is 29.6. The molecule has 0 unspecified atom stereocenters. The summed E-state index contributed by atoms with van der Waals surface area (Å²) in [5.74, 6) is 3.77. The van der Waals surface area contributed by atoms with Crippen LogP contribution >= 0.6 is 11.3 Å². The van der Waals surface area contributed by atoms with Gasteiger partial charge in [0.05, 0.1) is 5.39 Å². The highest BCUT2D eigenvalue weighted by Crippen LogP contribution is 2.41. The topological polar surface area (TPSA) is 58.6 Å². The number of aryl methyl sites for hydroxylation is 1. The summed E-state index contributed by atoms with van der Waals surface area (Å²) in [6.07, 6.45) is 3.49. The molecule has 1 aliphatic heterocycles. The number of para-hydroxylation sites is 1. The van der Waals surface area contributed by atoms with E-state index in [1.165, 1.54) is 22.2 Å². The van der Waals surface area contributed by atoms with Gasteiger partial charge in [-0.1, -0.05) is 39.0 Å². The van der Waals surface area contributed by atoms with Crippen LogP contribution < -0.4 is 9.64 Å². The number of anilines is 1. The molecule has 0 N–H and O–H groups in total. The van der Waals surface area contributed by atoms with Gasteiger partial charge in [0.1, 0.15) is 22.2 Å². The first kappa shape index (κ1) is 22.1. The van der Waals surface area contributed by atoms with Crippen LogP contribution in [0.25, 0.3) is 10.2 Å². The molecule has 2 aliphatic rings. The summed E-state index contributed by atoms with van der Waals surface area (Å²) in [5, 5.41) is 1.26. The number of carbonyl (C=O) groups is 1. The molecule has 0 saturated carbocycles. The lowest BCUT2D eigenvalue weighted by atomic mass is 9.89. The summed E-state index contributed by atoms with van der Waals surface area (Å²) in [6, 6.07) is 9.51. The van der Waals surface area contributed by atoms with Crippen molar-refractivity contribution in [1.29, 1.82) is 0 Å². The van der Waals surface area contributed by atoms with Crippen LogP contribution in [0.1, 0.15) is 49.4 Å². The first-order chi connectivity index (χ1) is 16.0. The summed E-state index contributed by atoms with van der Waals surface area (Å²) in [6.45, 7) is 9.66. The first-order valence-corrected chi connectivity index (χ1v) is 12.8. The zero-order chi connectivity index (χ0) is 22.9. The second kappa shape index (κ2) is 9.29. The quantitative estimate of drug-likeness (QED) is 0.549. The molecule has 1 aliphatic carbocycles. The fraction of sp³-hybridized carbons (Fsp3) is 0.500. The normalized spacial score (nSPS) is 18.6. The van der Waals surface area contributed by atoms with Gasteiger partial charge in [-0.2, -0.15) is 0 Å². The minimum atomic E-state index is 0.0381. The average molecular weight is 465 g/mol. The number of benzene rings is 1. The van der Waals surface area contributed by atoms with E-state index in [0.717, 1.165) is 54.1 Å². The van der Waals surface area contributed by atoms with Crippen molar-refractivity contribution in [3.63, 3.8) is 0 Å². The van der Waals surface area contributed by atoms with E-state index in [4.69, 9.17) is 14.7 Å². The standard InChI is InChI=1S/C26H32N4O2S/c1-17(2)24-27-25(23-20-10-9-18(3)15-21(20)33-26(23)28-24)30-13-11-29(12-14-30)22(31)16-32-19-7-5-4-6-8-19/h4-8,17-18H,9-16H2,1-3H3/t18-/m1/s1. The predicted octanol–water partition coefficient (Wildman–Crippen LogP) is 4.67. The Kier molecular flexibility index (Phi) is 6.23. The second-order valence-corrected chi connectivity index (χ2v) is 10.6. The molecule has 0 radical (unpaired) electrons. The molecule has 1 aromatic carbocycles. The second-order valence-electron chi connectivity index (χ2n) is 9.56. The Balaban J connectivity index is 1.34. The molecule has 2 aromatic heterocycles. The molecule has 3 aromatic rings. The number of amides is 1. The molecule has 5 rings (SSSR count). The smallest absolute Gasteiger partial charge is 0.260 e. The van der Waals surface area contributed by atoms with Crippen molar-refractivity contribution in [2.75, 3.05) is 37.7 Å². The van der Waals surface area contributed by atoms with Crippen LogP contribution in [0.15, 0.2) is 30.3 Å². The maximum atomic E-state index is 12.7. The summed E-state index contributed by atoms with van der Waals surface area (Å²) in [5.41, 5.74) is 1.47. The predicted molar refractivity (Wildman–Crippen MR) is 133 cm³/mol. The highest BCUT2D eigenvalue weighted by atomic mass is 32.1. The van der Waals surface area contributed by atoms with Gasteiger partial charge in [-0.25, -0.2) is 9.97 Å². The minimum Gasteiger partial charge on any atom is -0.484 e. The van der Waals surface area contributed by atoms with Crippen LogP contribution in [-0.4, -0.2) is 53.6 Å². The lowest BCUT2D eigenvalue weighted by Gasteiger charge is -2.36. The lowest BCUT2D eigenvalue weighted by Crippen LogP contribution is -2.50. The van der Waals surface area contributed by atoms with Gasteiger partial charge >= 0.3 is 0 Å². The van der Waals surface area contributed by atoms with E-state index in [1.807, 2.05) is 46.6 Å². The van der Waals surface area contributed by atoms with Crippen molar-refractivity contribution in [2.45, 2.75) is 46.0 Å². The molecule has 1 fully saturated rings. The number of nitrogens with zero attached hydrogens (tertiary/aromatic N) is 4. The van der Waals surface area contributed by atoms with Crippen LogP contribution in [-0.2, 0) is 17.6 Å². The van der Waals surface area contributed by atoms with Crippen molar-refractivity contribution >= 4 is 33.3 Å². The lowest BCUT2D eigenvalue weighted by molar-refractivity contribution is -0.133. The van der Waals surface area contributed by atoms with Crippen LogP contribution in [0, 0.1) is 5.92 Å². The number of fused-ring (bicyclic) bond motifs is 3. The molecule has 1 atom stereocenters. The maximum absolute atomic E-state index is 12.7. The van der Waals surface area contributed by atoms with Crippen LogP contribution in [0.3, 0.4) is 0 Å². The van der Waals surface area contributed by atoms with Gasteiger partial charge in [-0.3, -0.25) is 4.79 Å².